The minimum absolute atomic E-state index is 0.461. The van der Waals surface area contributed by atoms with Gasteiger partial charge in [0, 0.05) is 35.7 Å². The van der Waals surface area contributed by atoms with Crippen LogP contribution in [0.25, 0.3) is 0 Å². The maximum absolute atomic E-state index is 6.08. The second kappa shape index (κ2) is 6.98. The molecule has 0 bridgehead atoms. The van der Waals surface area contributed by atoms with Crippen molar-refractivity contribution in [1.29, 1.82) is 0 Å². The number of nitrogens with one attached hydrogen (secondary N) is 1. The highest BCUT2D eigenvalue weighted by atomic mass is 35.5. The highest BCUT2D eigenvalue weighted by Gasteiger charge is 2.19. The summed E-state index contributed by atoms with van der Waals surface area (Å²) in [5.41, 5.74) is 1.01. The summed E-state index contributed by atoms with van der Waals surface area (Å²) in [7, 11) is 3.52. The van der Waals surface area contributed by atoms with Crippen LogP contribution in [0.4, 0.5) is 0 Å². The van der Waals surface area contributed by atoms with Gasteiger partial charge in [-0.2, -0.15) is 0 Å². The van der Waals surface area contributed by atoms with Gasteiger partial charge in [0.05, 0.1) is 20.3 Å². The van der Waals surface area contributed by atoms with E-state index < -0.39 is 0 Å². The van der Waals surface area contributed by atoms with E-state index in [1.165, 1.54) is 0 Å². The van der Waals surface area contributed by atoms with Crippen LogP contribution in [0.2, 0.25) is 5.02 Å². The summed E-state index contributed by atoms with van der Waals surface area (Å²) in [5.74, 6) is 1.91. The van der Waals surface area contributed by atoms with E-state index in [-0.39, 0.29) is 0 Å². The average molecular weight is 286 g/mol. The smallest absolute Gasteiger partial charge is 0.165 e. The first-order valence-electron chi connectivity index (χ1n) is 6.46. The van der Waals surface area contributed by atoms with E-state index in [0.29, 0.717) is 29.8 Å². The van der Waals surface area contributed by atoms with Crippen LogP contribution in [0.15, 0.2) is 12.1 Å². The zero-order valence-corrected chi connectivity index (χ0v) is 12.1. The molecule has 5 heteroatoms. The number of ether oxygens (including phenoxy) is 3. The Morgan fingerprint density at radius 1 is 1.47 bits per heavy atom. The van der Waals surface area contributed by atoms with E-state index in [1.807, 2.05) is 13.1 Å². The summed E-state index contributed by atoms with van der Waals surface area (Å²) < 4.78 is 16.7. The average Bonchev–Trinajstić information content (AvgIpc) is 2.90. The first-order valence-corrected chi connectivity index (χ1v) is 6.84. The number of benzene rings is 1. The Balaban J connectivity index is 2.14. The lowest BCUT2D eigenvalue weighted by molar-refractivity contribution is 0.165. The Kier molecular flexibility index (Phi) is 5.31. The molecule has 106 valence electrons. The Morgan fingerprint density at radius 3 is 2.95 bits per heavy atom. The summed E-state index contributed by atoms with van der Waals surface area (Å²) in [5, 5.41) is 3.76. The topological polar surface area (TPSA) is 39.7 Å². The lowest BCUT2D eigenvalue weighted by Crippen LogP contribution is -2.14. The Hall–Kier alpha value is -0.970. The number of hydrogen-bond acceptors (Lipinski definition) is 4. The fraction of sp³-hybridized carbons (Fsp3) is 0.571. The highest BCUT2D eigenvalue weighted by molar-refractivity contribution is 6.30. The van der Waals surface area contributed by atoms with Crippen molar-refractivity contribution < 1.29 is 14.2 Å². The summed E-state index contributed by atoms with van der Waals surface area (Å²) in [6, 6.07) is 3.68. The first kappa shape index (κ1) is 14.4. The lowest BCUT2D eigenvalue weighted by Gasteiger charge is -2.17. The Morgan fingerprint density at radius 2 is 2.32 bits per heavy atom. The van der Waals surface area contributed by atoms with Crippen LogP contribution in [-0.4, -0.2) is 34.0 Å². The van der Waals surface area contributed by atoms with Crippen molar-refractivity contribution in [2.24, 2.45) is 5.92 Å². The van der Waals surface area contributed by atoms with E-state index in [0.717, 1.165) is 30.9 Å². The van der Waals surface area contributed by atoms with Gasteiger partial charge in [-0.1, -0.05) is 11.6 Å². The van der Waals surface area contributed by atoms with Gasteiger partial charge in [-0.25, -0.2) is 0 Å². The monoisotopic (exact) mass is 285 g/mol. The maximum Gasteiger partial charge on any atom is 0.165 e. The second-order valence-corrected chi connectivity index (χ2v) is 5.10. The van der Waals surface area contributed by atoms with Gasteiger partial charge in [0.25, 0.3) is 0 Å². The van der Waals surface area contributed by atoms with Crippen molar-refractivity contribution in [1.82, 2.24) is 5.32 Å². The number of methoxy groups -OCH3 is 1. The minimum atomic E-state index is 0.461. The molecule has 1 aliphatic heterocycles. The van der Waals surface area contributed by atoms with Gasteiger partial charge >= 0.3 is 0 Å². The van der Waals surface area contributed by atoms with Gasteiger partial charge in [-0.05, 0) is 19.5 Å². The van der Waals surface area contributed by atoms with Gasteiger partial charge in [0.1, 0.15) is 0 Å². The molecule has 1 heterocycles. The lowest BCUT2D eigenvalue weighted by atomic mass is 10.1. The normalized spacial score (nSPS) is 18.6. The molecule has 0 saturated carbocycles. The maximum atomic E-state index is 6.08. The van der Waals surface area contributed by atoms with E-state index >= 15 is 0 Å². The number of hydrogen-bond donors (Lipinski definition) is 1. The molecule has 0 radical (unpaired) electrons. The third-order valence-corrected chi connectivity index (χ3v) is 3.39. The Labute approximate surface area is 119 Å². The fourth-order valence-electron chi connectivity index (χ4n) is 2.18. The molecular formula is C14H20ClNO3. The summed E-state index contributed by atoms with van der Waals surface area (Å²) >= 11 is 6.08. The van der Waals surface area contributed by atoms with Crippen LogP contribution in [0, 0.1) is 5.92 Å². The summed E-state index contributed by atoms with van der Waals surface area (Å²) in [6.07, 6.45) is 1.05. The molecule has 0 aromatic heterocycles. The van der Waals surface area contributed by atoms with Crippen LogP contribution in [0.5, 0.6) is 11.5 Å². The van der Waals surface area contributed by atoms with Crippen LogP contribution in [-0.2, 0) is 11.3 Å². The largest absolute Gasteiger partial charge is 0.493 e. The third kappa shape index (κ3) is 3.75. The molecular weight excluding hydrogens is 266 g/mol. The number of halogens is 1. The summed E-state index contributed by atoms with van der Waals surface area (Å²) in [6.45, 7) is 2.94. The van der Waals surface area contributed by atoms with Crippen molar-refractivity contribution in [3.63, 3.8) is 0 Å². The molecule has 19 heavy (non-hydrogen) atoms. The van der Waals surface area contributed by atoms with Gasteiger partial charge < -0.3 is 19.5 Å². The van der Waals surface area contributed by atoms with Crippen molar-refractivity contribution >= 4 is 11.6 Å². The summed E-state index contributed by atoms with van der Waals surface area (Å²) in [4.78, 5) is 0. The predicted octanol–water partition coefficient (Wildman–Crippen LogP) is 2.48. The molecule has 1 aromatic carbocycles. The van der Waals surface area contributed by atoms with Gasteiger partial charge in [0.2, 0.25) is 0 Å². The second-order valence-electron chi connectivity index (χ2n) is 4.67. The van der Waals surface area contributed by atoms with E-state index in [1.54, 1.807) is 13.2 Å². The van der Waals surface area contributed by atoms with Crippen molar-refractivity contribution in [2.45, 2.75) is 13.0 Å². The van der Waals surface area contributed by atoms with E-state index in [2.05, 4.69) is 5.32 Å². The van der Waals surface area contributed by atoms with E-state index in [4.69, 9.17) is 25.8 Å². The standard InChI is InChI=1S/C14H20ClNO3/c1-16-7-11-5-12(15)6-13(17-2)14(11)19-9-10-3-4-18-8-10/h5-6,10,16H,3-4,7-9H2,1-2H3. The molecule has 1 unspecified atom stereocenters. The zero-order chi connectivity index (χ0) is 13.7. The molecule has 1 N–H and O–H groups in total. The number of rotatable bonds is 6. The van der Waals surface area contributed by atoms with Crippen LogP contribution in [0.3, 0.4) is 0 Å². The van der Waals surface area contributed by atoms with E-state index in [9.17, 15) is 0 Å². The first-order chi connectivity index (χ1) is 9.24. The highest BCUT2D eigenvalue weighted by Crippen LogP contribution is 2.35. The van der Waals surface area contributed by atoms with Crippen LogP contribution >= 0.6 is 11.6 Å². The molecule has 0 spiro atoms. The molecule has 1 aliphatic rings. The predicted molar refractivity (Wildman–Crippen MR) is 75.2 cm³/mol. The quantitative estimate of drug-likeness (QED) is 0.872. The molecule has 1 saturated heterocycles. The van der Waals surface area contributed by atoms with Crippen LogP contribution in [0.1, 0.15) is 12.0 Å². The van der Waals surface area contributed by atoms with Gasteiger partial charge in [-0.15, -0.1) is 0 Å². The molecule has 0 aliphatic carbocycles. The zero-order valence-electron chi connectivity index (χ0n) is 11.4. The minimum Gasteiger partial charge on any atom is -0.493 e. The van der Waals surface area contributed by atoms with Crippen molar-refractivity contribution in [2.75, 3.05) is 34.0 Å². The van der Waals surface area contributed by atoms with Crippen molar-refractivity contribution in [3.05, 3.63) is 22.7 Å². The fourth-order valence-corrected chi connectivity index (χ4v) is 2.41. The molecule has 0 amide bonds. The van der Waals surface area contributed by atoms with Crippen LogP contribution < -0.4 is 14.8 Å². The van der Waals surface area contributed by atoms with Gasteiger partial charge in [-0.3, -0.25) is 0 Å². The SMILES string of the molecule is CNCc1cc(Cl)cc(OC)c1OCC1CCOC1. The molecule has 1 aromatic rings. The molecule has 4 nitrogen and oxygen atoms in total. The Bertz CT molecular complexity index is 419. The third-order valence-electron chi connectivity index (χ3n) is 3.17. The van der Waals surface area contributed by atoms with Crippen molar-refractivity contribution in [3.8, 4) is 11.5 Å². The van der Waals surface area contributed by atoms with Gasteiger partial charge in [0.15, 0.2) is 11.5 Å². The molecule has 1 fully saturated rings. The molecule has 1 atom stereocenters. The molecule has 2 rings (SSSR count).